The van der Waals surface area contributed by atoms with Crippen LogP contribution in [-0.4, -0.2) is 24.5 Å². The highest BCUT2D eigenvalue weighted by Gasteiger charge is 2.19. The summed E-state index contributed by atoms with van der Waals surface area (Å²) >= 11 is 0. The van der Waals surface area contributed by atoms with E-state index in [0.29, 0.717) is 11.1 Å². The van der Waals surface area contributed by atoms with E-state index in [1.54, 1.807) is 36.4 Å². The molecule has 0 aliphatic heterocycles. The second-order valence-electron chi connectivity index (χ2n) is 5.65. The van der Waals surface area contributed by atoms with Gasteiger partial charge in [-0.2, -0.15) is 0 Å². The Labute approximate surface area is 136 Å². The zero-order chi connectivity index (χ0) is 16.7. The fraction of sp³-hybridized carbons (Fsp3) is 0.263. The summed E-state index contributed by atoms with van der Waals surface area (Å²) in [7, 11) is 0. The van der Waals surface area contributed by atoms with E-state index in [4.69, 9.17) is 4.74 Å². The number of hydrogen-bond acceptors (Lipinski definition) is 3. The van der Waals surface area contributed by atoms with E-state index in [9.17, 15) is 9.59 Å². The fourth-order valence-electron chi connectivity index (χ4n) is 2.07. The standard InChI is InChI=1S/C19H21NO3/c1-14(2)17(20-18(21)15-9-5-3-6-10-15)13-23-19(22)16-11-7-4-8-12-16/h3-12,14,17H,13H2,1-2H3,(H,20,21)/t17-/m0/s1. The molecule has 4 nitrogen and oxygen atoms in total. The number of carbonyl (C=O) groups is 2. The Morgan fingerprint density at radius 3 is 1.96 bits per heavy atom. The number of benzene rings is 2. The first-order chi connectivity index (χ1) is 11.1. The predicted molar refractivity (Wildman–Crippen MR) is 89.3 cm³/mol. The minimum absolute atomic E-state index is 0.143. The first-order valence-electron chi connectivity index (χ1n) is 7.66. The highest BCUT2D eigenvalue weighted by atomic mass is 16.5. The Morgan fingerprint density at radius 1 is 0.913 bits per heavy atom. The van der Waals surface area contributed by atoms with Gasteiger partial charge >= 0.3 is 5.97 Å². The second kappa shape index (κ2) is 8.13. The van der Waals surface area contributed by atoms with Crippen LogP contribution in [0, 0.1) is 5.92 Å². The maximum atomic E-state index is 12.2. The normalized spacial score (nSPS) is 11.8. The highest BCUT2D eigenvalue weighted by Crippen LogP contribution is 2.08. The number of rotatable bonds is 6. The van der Waals surface area contributed by atoms with Crippen molar-refractivity contribution in [3.05, 3.63) is 71.8 Å². The zero-order valence-corrected chi connectivity index (χ0v) is 13.4. The lowest BCUT2D eigenvalue weighted by Crippen LogP contribution is -2.42. The van der Waals surface area contributed by atoms with Crippen LogP contribution in [0.3, 0.4) is 0 Å². The SMILES string of the molecule is CC(C)[C@H](COC(=O)c1ccccc1)NC(=O)c1ccccc1. The Hall–Kier alpha value is -2.62. The predicted octanol–water partition coefficient (Wildman–Crippen LogP) is 3.30. The molecule has 2 rings (SSSR count). The summed E-state index contributed by atoms with van der Waals surface area (Å²) in [6.07, 6.45) is 0. The van der Waals surface area contributed by atoms with Crippen LogP contribution in [0.4, 0.5) is 0 Å². The smallest absolute Gasteiger partial charge is 0.338 e. The Kier molecular flexibility index (Phi) is 5.92. The zero-order valence-electron chi connectivity index (χ0n) is 13.4. The second-order valence-corrected chi connectivity index (χ2v) is 5.65. The molecule has 0 unspecified atom stereocenters. The molecule has 0 radical (unpaired) electrons. The summed E-state index contributed by atoms with van der Waals surface area (Å²) in [5, 5.41) is 2.92. The van der Waals surface area contributed by atoms with Crippen LogP contribution in [0.2, 0.25) is 0 Å². The molecule has 1 N–H and O–H groups in total. The summed E-state index contributed by atoms with van der Waals surface area (Å²) in [4.78, 5) is 24.2. The van der Waals surface area contributed by atoms with Gasteiger partial charge in [-0.3, -0.25) is 4.79 Å². The van der Waals surface area contributed by atoms with Gasteiger partial charge in [0.05, 0.1) is 11.6 Å². The molecular weight excluding hydrogens is 290 g/mol. The van der Waals surface area contributed by atoms with Crippen LogP contribution in [0.15, 0.2) is 60.7 Å². The third kappa shape index (κ3) is 4.95. The van der Waals surface area contributed by atoms with Gasteiger partial charge in [0.1, 0.15) is 6.61 Å². The van der Waals surface area contributed by atoms with Gasteiger partial charge in [0.2, 0.25) is 0 Å². The summed E-state index contributed by atoms with van der Waals surface area (Å²) in [5.41, 5.74) is 1.09. The maximum absolute atomic E-state index is 12.2. The molecule has 0 bridgehead atoms. The maximum Gasteiger partial charge on any atom is 0.338 e. The third-order valence-corrected chi connectivity index (χ3v) is 3.56. The summed E-state index contributed by atoms with van der Waals surface area (Å²) < 4.78 is 5.33. The van der Waals surface area contributed by atoms with Crippen LogP contribution in [0.5, 0.6) is 0 Å². The highest BCUT2D eigenvalue weighted by molar-refractivity contribution is 5.94. The molecule has 1 atom stereocenters. The van der Waals surface area contributed by atoms with Crippen molar-refractivity contribution in [3.8, 4) is 0 Å². The van der Waals surface area contributed by atoms with Crippen LogP contribution >= 0.6 is 0 Å². The van der Waals surface area contributed by atoms with Gasteiger partial charge in [-0.05, 0) is 30.2 Å². The fourth-order valence-corrected chi connectivity index (χ4v) is 2.07. The van der Waals surface area contributed by atoms with E-state index in [0.717, 1.165) is 0 Å². The largest absolute Gasteiger partial charge is 0.460 e. The summed E-state index contributed by atoms with van der Waals surface area (Å²) in [6.45, 7) is 4.10. The van der Waals surface area contributed by atoms with Crippen molar-refractivity contribution in [1.82, 2.24) is 5.32 Å². The molecular formula is C19H21NO3. The van der Waals surface area contributed by atoms with E-state index in [1.807, 2.05) is 38.1 Å². The number of nitrogens with one attached hydrogen (secondary N) is 1. The first-order valence-corrected chi connectivity index (χ1v) is 7.66. The number of ether oxygens (including phenoxy) is 1. The molecule has 4 heteroatoms. The quantitative estimate of drug-likeness (QED) is 0.833. The number of carbonyl (C=O) groups excluding carboxylic acids is 2. The lowest BCUT2D eigenvalue weighted by molar-refractivity contribution is 0.0431. The van der Waals surface area contributed by atoms with Crippen molar-refractivity contribution in [1.29, 1.82) is 0 Å². The van der Waals surface area contributed by atoms with Crippen molar-refractivity contribution in [3.63, 3.8) is 0 Å². The van der Waals surface area contributed by atoms with Crippen molar-refractivity contribution >= 4 is 11.9 Å². The molecule has 2 aromatic carbocycles. The van der Waals surface area contributed by atoms with Gasteiger partial charge in [-0.15, -0.1) is 0 Å². The van der Waals surface area contributed by atoms with Crippen molar-refractivity contribution < 1.29 is 14.3 Å². The Balaban J connectivity index is 1.94. The molecule has 0 fully saturated rings. The average Bonchev–Trinajstić information content (AvgIpc) is 2.59. The van der Waals surface area contributed by atoms with Crippen LogP contribution < -0.4 is 5.32 Å². The molecule has 120 valence electrons. The number of esters is 1. The van der Waals surface area contributed by atoms with Crippen molar-refractivity contribution in [2.45, 2.75) is 19.9 Å². The first kappa shape index (κ1) is 16.7. The van der Waals surface area contributed by atoms with E-state index < -0.39 is 0 Å². The minimum atomic E-state index is -0.384. The van der Waals surface area contributed by atoms with Gasteiger partial charge in [0.25, 0.3) is 5.91 Å². The van der Waals surface area contributed by atoms with Crippen LogP contribution in [0.25, 0.3) is 0 Å². The van der Waals surface area contributed by atoms with Crippen LogP contribution in [-0.2, 0) is 4.74 Å². The van der Waals surface area contributed by atoms with Gasteiger partial charge in [0.15, 0.2) is 0 Å². The molecule has 23 heavy (non-hydrogen) atoms. The van der Waals surface area contributed by atoms with E-state index in [2.05, 4.69) is 5.32 Å². The Bertz CT molecular complexity index is 638. The monoisotopic (exact) mass is 311 g/mol. The van der Waals surface area contributed by atoms with E-state index in [1.165, 1.54) is 0 Å². The molecule has 0 saturated carbocycles. The molecule has 0 saturated heterocycles. The summed E-state index contributed by atoms with van der Waals surface area (Å²) in [5.74, 6) is -0.406. The van der Waals surface area contributed by atoms with Gasteiger partial charge in [-0.25, -0.2) is 4.79 Å². The third-order valence-electron chi connectivity index (χ3n) is 3.56. The average molecular weight is 311 g/mol. The molecule has 0 heterocycles. The molecule has 1 amide bonds. The van der Waals surface area contributed by atoms with E-state index in [-0.39, 0.29) is 30.4 Å². The molecule has 2 aromatic rings. The van der Waals surface area contributed by atoms with Crippen LogP contribution in [0.1, 0.15) is 34.6 Å². The topological polar surface area (TPSA) is 55.4 Å². The van der Waals surface area contributed by atoms with E-state index >= 15 is 0 Å². The number of amides is 1. The van der Waals surface area contributed by atoms with Crippen molar-refractivity contribution in [2.24, 2.45) is 5.92 Å². The molecule has 0 aromatic heterocycles. The molecule has 0 aliphatic rings. The van der Waals surface area contributed by atoms with Gasteiger partial charge in [-0.1, -0.05) is 50.2 Å². The lowest BCUT2D eigenvalue weighted by Gasteiger charge is -2.22. The summed E-state index contributed by atoms with van der Waals surface area (Å²) in [6, 6.07) is 17.6. The van der Waals surface area contributed by atoms with Gasteiger partial charge < -0.3 is 10.1 Å². The minimum Gasteiger partial charge on any atom is -0.460 e. The Morgan fingerprint density at radius 2 is 1.43 bits per heavy atom. The molecule has 0 aliphatic carbocycles. The van der Waals surface area contributed by atoms with Crippen molar-refractivity contribution in [2.75, 3.05) is 6.61 Å². The van der Waals surface area contributed by atoms with Gasteiger partial charge in [0, 0.05) is 5.56 Å². The molecule has 0 spiro atoms. The number of hydrogen-bond donors (Lipinski definition) is 1. The lowest BCUT2D eigenvalue weighted by atomic mass is 10.0.